The van der Waals surface area contributed by atoms with Crippen LogP contribution in [0.2, 0.25) is 0 Å². The van der Waals surface area contributed by atoms with E-state index in [0.717, 1.165) is 54.5 Å². The Hall–Kier alpha value is -3.59. The quantitative estimate of drug-likeness (QED) is 0.570. The molecule has 3 aromatic rings. The second-order valence-corrected chi connectivity index (χ2v) is 10.1. The standard InChI is InChI=1S/C27H28FN5O3/c1-31-23-4-2-3-17(21(23)13-29-31)14-32-9-7-16(8-10-32)19-11-18(28)12-20-22(19)15-33(27(20)36)24-5-6-25(34)30-26(24)35/h2-4,11-13,16,24H,5-10,14-15H2,1H3,(H,30,34,35). The van der Waals surface area contributed by atoms with Gasteiger partial charge in [-0.3, -0.25) is 29.3 Å². The van der Waals surface area contributed by atoms with Gasteiger partial charge in [-0.05, 0) is 73.2 Å². The molecule has 3 aliphatic heterocycles. The molecule has 1 atom stereocenters. The van der Waals surface area contributed by atoms with Gasteiger partial charge in [-0.15, -0.1) is 0 Å². The lowest BCUT2D eigenvalue weighted by Crippen LogP contribution is -2.52. The molecule has 1 unspecified atom stereocenters. The molecule has 1 N–H and O–H groups in total. The van der Waals surface area contributed by atoms with Crippen LogP contribution in [0.25, 0.3) is 10.9 Å². The van der Waals surface area contributed by atoms with Crippen molar-refractivity contribution in [3.8, 4) is 0 Å². The number of aromatic nitrogens is 2. The highest BCUT2D eigenvalue weighted by Gasteiger charge is 2.41. The minimum Gasteiger partial charge on any atom is -0.322 e. The fourth-order valence-corrected chi connectivity index (χ4v) is 6.04. The third kappa shape index (κ3) is 3.87. The Labute approximate surface area is 208 Å². The lowest BCUT2D eigenvalue weighted by Gasteiger charge is -2.33. The Morgan fingerprint density at radius 2 is 1.92 bits per heavy atom. The van der Waals surface area contributed by atoms with E-state index in [1.54, 1.807) is 6.07 Å². The first kappa shape index (κ1) is 22.8. The fourth-order valence-electron chi connectivity index (χ4n) is 6.04. The first-order valence-electron chi connectivity index (χ1n) is 12.5. The van der Waals surface area contributed by atoms with Crippen LogP contribution in [0.1, 0.15) is 58.6 Å². The highest BCUT2D eigenvalue weighted by atomic mass is 19.1. The molecular weight excluding hydrogens is 461 g/mol. The second-order valence-electron chi connectivity index (χ2n) is 10.1. The van der Waals surface area contributed by atoms with Gasteiger partial charge in [-0.2, -0.15) is 5.10 Å². The summed E-state index contributed by atoms with van der Waals surface area (Å²) in [5.41, 5.74) is 4.41. The van der Waals surface area contributed by atoms with Crippen LogP contribution in [0.3, 0.4) is 0 Å². The Morgan fingerprint density at radius 1 is 1.11 bits per heavy atom. The molecule has 3 aliphatic rings. The number of likely N-dealkylation sites (tertiary alicyclic amines) is 1. The first-order chi connectivity index (χ1) is 17.4. The van der Waals surface area contributed by atoms with Gasteiger partial charge in [0.2, 0.25) is 11.8 Å². The summed E-state index contributed by atoms with van der Waals surface area (Å²) in [5.74, 6) is -1.38. The Kier molecular flexibility index (Phi) is 5.59. The van der Waals surface area contributed by atoms with Crippen molar-refractivity contribution in [2.45, 2.75) is 50.7 Å². The largest absolute Gasteiger partial charge is 0.322 e. The normalized spacial score (nSPS) is 21.3. The highest BCUT2D eigenvalue weighted by molar-refractivity contribution is 6.05. The van der Waals surface area contributed by atoms with Crippen molar-refractivity contribution in [1.29, 1.82) is 0 Å². The van der Waals surface area contributed by atoms with Crippen LogP contribution in [0.15, 0.2) is 36.5 Å². The van der Waals surface area contributed by atoms with Crippen molar-refractivity contribution in [1.82, 2.24) is 24.9 Å². The number of aryl methyl sites for hydroxylation is 1. The predicted octanol–water partition coefficient (Wildman–Crippen LogP) is 2.85. The highest BCUT2D eigenvalue weighted by Crippen LogP contribution is 2.38. The number of benzene rings is 2. The lowest BCUT2D eigenvalue weighted by atomic mass is 9.85. The number of amides is 3. The summed E-state index contributed by atoms with van der Waals surface area (Å²) in [6.45, 7) is 2.85. The molecule has 4 heterocycles. The van der Waals surface area contributed by atoms with Crippen molar-refractivity contribution in [3.63, 3.8) is 0 Å². The molecule has 2 aromatic carbocycles. The molecular formula is C27H28FN5O3. The topological polar surface area (TPSA) is 87.5 Å². The van der Waals surface area contributed by atoms with Crippen molar-refractivity contribution in [2.24, 2.45) is 7.05 Å². The number of nitrogens with one attached hydrogen (secondary N) is 1. The average Bonchev–Trinajstić information content (AvgIpc) is 3.40. The molecule has 36 heavy (non-hydrogen) atoms. The van der Waals surface area contributed by atoms with Gasteiger partial charge in [0.25, 0.3) is 5.91 Å². The number of piperidine rings is 2. The summed E-state index contributed by atoms with van der Waals surface area (Å²) in [6, 6.07) is 8.43. The smallest absolute Gasteiger partial charge is 0.255 e. The van der Waals surface area contributed by atoms with Crippen LogP contribution < -0.4 is 5.32 Å². The number of carbonyl (C=O) groups excluding carboxylic acids is 3. The number of hydrogen-bond acceptors (Lipinski definition) is 5. The minimum atomic E-state index is -0.699. The molecule has 0 saturated carbocycles. The molecule has 2 saturated heterocycles. The monoisotopic (exact) mass is 489 g/mol. The van der Waals surface area contributed by atoms with Gasteiger partial charge in [0.15, 0.2) is 0 Å². The van der Waals surface area contributed by atoms with Gasteiger partial charge in [0, 0.05) is 37.5 Å². The molecule has 0 spiro atoms. The van der Waals surface area contributed by atoms with Gasteiger partial charge in [-0.1, -0.05) is 12.1 Å². The maximum Gasteiger partial charge on any atom is 0.255 e. The van der Waals surface area contributed by atoms with Gasteiger partial charge in [0.05, 0.1) is 11.7 Å². The van der Waals surface area contributed by atoms with E-state index in [1.165, 1.54) is 16.5 Å². The van der Waals surface area contributed by atoms with E-state index in [1.807, 2.05) is 17.9 Å². The van der Waals surface area contributed by atoms with Crippen LogP contribution in [0.4, 0.5) is 4.39 Å². The zero-order chi connectivity index (χ0) is 25.0. The maximum atomic E-state index is 14.6. The molecule has 0 bridgehead atoms. The minimum absolute atomic E-state index is 0.148. The molecule has 8 nitrogen and oxygen atoms in total. The number of halogens is 1. The summed E-state index contributed by atoms with van der Waals surface area (Å²) >= 11 is 0. The SMILES string of the molecule is Cn1ncc2c(CN3CCC(c4cc(F)cc5c4CN(C4CCC(=O)NC4=O)C5=O)CC3)cccc21. The first-order valence-corrected chi connectivity index (χ1v) is 12.5. The van der Waals surface area contributed by atoms with Gasteiger partial charge < -0.3 is 4.90 Å². The lowest BCUT2D eigenvalue weighted by molar-refractivity contribution is -0.136. The average molecular weight is 490 g/mol. The van der Waals surface area contributed by atoms with Crippen LogP contribution in [0.5, 0.6) is 0 Å². The molecule has 186 valence electrons. The van der Waals surface area contributed by atoms with Crippen LogP contribution in [-0.2, 0) is 29.7 Å². The van der Waals surface area contributed by atoms with Crippen LogP contribution in [0, 0.1) is 5.82 Å². The Balaban J connectivity index is 1.18. The van der Waals surface area contributed by atoms with Crippen LogP contribution in [-0.4, -0.2) is 56.4 Å². The van der Waals surface area contributed by atoms with E-state index in [2.05, 4.69) is 33.5 Å². The van der Waals surface area contributed by atoms with E-state index < -0.39 is 17.8 Å². The Bertz CT molecular complexity index is 1390. The summed E-state index contributed by atoms with van der Waals surface area (Å²) in [6.07, 6.45) is 4.14. The van der Waals surface area contributed by atoms with E-state index in [4.69, 9.17) is 0 Å². The number of hydrogen-bond donors (Lipinski definition) is 1. The fraction of sp³-hybridized carbons (Fsp3) is 0.407. The third-order valence-electron chi connectivity index (χ3n) is 7.96. The summed E-state index contributed by atoms with van der Waals surface area (Å²) in [7, 11) is 1.95. The van der Waals surface area contributed by atoms with Crippen molar-refractivity contribution in [3.05, 3.63) is 64.6 Å². The zero-order valence-corrected chi connectivity index (χ0v) is 20.2. The number of imide groups is 1. The Morgan fingerprint density at radius 3 is 2.69 bits per heavy atom. The molecule has 0 aliphatic carbocycles. The number of fused-ring (bicyclic) bond motifs is 2. The predicted molar refractivity (Wildman–Crippen MR) is 130 cm³/mol. The van der Waals surface area contributed by atoms with Crippen molar-refractivity contribution >= 4 is 28.6 Å². The zero-order valence-electron chi connectivity index (χ0n) is 20.2. The number of rotatable bonds is 4. The molecule has 1 aromatic heterocycles. The molecule has 9 heteroatoms. The van der Waals surface area contributed by atoms with E-state index in [9.17, 15) is 18.8 Å². The van der Waals surface area contributed by atoms with Gasteiger partial charge in [0.1, 0.15) is 11.9 Å². The van der Waals surface area contributed by atoms with E-state index in [0.29, 0.717) is 12.0 Å². The summed E-state index contributed by atoms with van der Waals surface area (Å²) < 4.78 is 16.5. The van der Waals surface area contributed by atoms with Gasteiger partial charge >= 0.3 is 0 Å². The van der Waals surface area contributed by atoms with E-state index in [-0.39, 0.29) is 30.7 Å². The molecule has 0 radical (unpaired) electrons. The molecule has 2 fully saturated rings. The van der Waals surface area contributed by atoms with Crippen molar-refractivity contribution < 1.29 is 18.8 Å². The maximum absolute atomic E-state index is 14.6. The second kappa shape index (κ2) is 8.81. The summed E-state index contributed by atoms with van der Waals surface area (Å²) in [5, 5.41) is 7.87. The number of carbonyl (C=O) groups is 3. The van der Waals surface area contributed by atoms with Crippen molar-refractivity contribution in [2.75, 3.05) is 13.1 Å². The summed E-state index contributed by atoms with van der Waals surface area (Å²) in [4.78, 5) is 41.0. The third-order valence-corrected chi connectivity index (χ3v) is 7.96. The van der Waals surface area contributed by atoms with E-state index >= 15 is 0 Å². The molecule has 6 rings (SSSR count). The van der Waals surface area contributed by atoms with Crippen LogP contribution >= 0.6 is 0 Å². The number of nitrogens with zero attached hydrogens (tertiary/aromatic N) is 4. The van der Waals surface area contributed by atoms with Gasteiger partial charge in [-0.25, -0.2) is 4.39 Å². The molecule has 3 amide bonds.